The zero-order valence-corrected chi connectivity index (χ0v) is 13.8. The summed E-state index contributed by atoms with van der Waals surface area (Å²) in [5.74, 6) is 1.80. The van der Waals surface area contributed by atoms with Crippen molar-refractivity contribution in [3.63, 3.8) is 0 Å². The van der Waals surface area contributed by atoms with Crippen molar-refractivity contribution in [2.75, 3.05) is 20.1 Å². The summed E-state index contributed by atoms with van der Waals surface area (Å²) in [7, 11) is 1.96. The van der Waals surface area contributed by atoms with Gasteiger partial charge in [-0.25, -0.2) is 4.98 Å². The zero-order chi connectivity index (χ0) is 15.5. The van der Waals surface area contributed by atoms with Crippen LogP contribution in [0.15, 0.2) is 21.9 Å². The van der Waals surface area contributed by atoms with E-state index in [2.05, 4.69) is 10.3 Å². The molecular weight excluding hydrogens is 298 g/mol. The molecule has 1 aliphatic rings. The summed E-state index contributed by atoms with van der Waals surface area (Å²) in [6.07, 6.45) is 2.57. The standard InChI is InChI=1S/C16H21N3O2S/c1-11-5-6-14(21-11)16-18-13(10-22-16)8-15(20)19-7-3-4-12(9-19)17-2/h5-6,10,12,17H,3-4,7-9H2,1-2H3. The minimum Gasteiger partial charge on any atom is -0.459 e. The minimum atomic E-state index is 0.160. The SMILES string of the molecule is CNC1CCCN(C(=O)Cc2csc(-c3ccc(C)o3)n2)C1. The predicted octanol–water partition coefficient (Wildman–Crippen LogP) is 2.46. The fourth-order valence-corrected chi connectivity index (χ4v) is 3.54. The Kier molecular flexibility index (Phi) is 4.59. The maximum Gasteiger partial charge on any atom is 0.228 e. The van der Waals surface area contributed by atoms with E-state index in [-0.39, 0.29) is 5.91 Å². The Bertz CT molecular complexity index is 649. The van der Waals surface area contributed by atoms with E-state index >= 15 is 0 Å². The van der Waals surface area contributed by atoms with Crippen molar-refractivity contribution < 1.29 is 9.21 Å². The summed E-state index contributed by atoms with van der Waals surface area (Å²) < 4.78 is 5.58. The van der Waals surface area contributed by atoms with Gasteiger partial charge in [0.05, 0.1) is 12.1 Å². The molecule has 2 aromatic rings. The van der Waals surface area contributed by atoms with E-state index in [1.807, 2.05) is 36.4 Å². The molecule has 3 rings (SSSR count). The lowest BCUT2D eigenvalue weighted by atomic mass is 10.1. The van der Waals surface area contributed by atoms with Gasteiger partial charge in [0.1, 0.15) is 5.76 Å². The summed E-state index contributed by atoms with van der Waals surface area (Å²) >= 11 is 1.52. The second-order valence-corrected chi connectivity index (χ2v) is 6.56. The van der Waals surface area contributed by atoms with E-state index in [9.17, 15) is 4.79 Å². The van der Waals surface area contributed by atoms with Gasteiger partial charge in [-0.15, -0.1) is 11.3 Å². The predicted molar refractivity (Wildman–Crippen MR) is 86.9 cm³/mol. The van der Waals surface area contributed by atoms with Crippen LogP contribution in [-0.2, 0) is 11.2 Å². The van der Waals surface area contributed by atoms with Crippen LogP contribution in [0.5, 0.6) is 0 Å². The van der Waals surface area contributed by atoms with E-state index in [1.54, 1.807) is 0 Å². The van der Waals surface area contributed by atoms with Gasteiger partial charge in [0.2, 0.25) is 5.91 Å². The first-order chi connectivity index (χ1) is 10.7. The van der Waals surface area contributed by atoms with Gasteiger partial charge in [-0.1, -0.05) is 0 Å². The third-order valence-electron chi connectivity index (χ3n) is 4.02. The highest BCUT2D eigenvalue weighted by atomic mass is 32.1. The molecule has 0 saturated carbocycles. The van der Waals surface area contributed by atoms with E-state index in [0.29, 0.717) is 12.5 Å². The van der Waals surface area contributed by atoms with Crippen LogP contribution < -0.4 is 5.32 Å². The first-order valence-corrected chi connectivity index (χ1v) is 8.50. The van der Waals surface area contributed by atoms with Gasteiger partial charge >= 0.3 is 0 Å². The number of aromatic nitrogens is 1. The Labute approximate surface area is 134 Å². The monoisotopic (exact) mass is 319 g/mol. The largest absolute Gasteiger partial charge is 0.459 e. The van der Waals surface area contributed by atoms with Crippen LogP contribution in [0.4, 0.5) is 0 Å². The number of piperidine rings is 1. The molecule has 5 nitrogen and oxygen atoms in total. The number of rotatable bonds is 4. The highest BCUT2D eigenvalue weighted by molar-refractivity contribution is 7.13. The molecule has 118 valence electrons. The van der Waals surface area contributed by atoms with Crippen LogP contribution in [0, 0.1) is 6.92 Å². The van der Waals surface area contributed by atoms with Crippen molar-refractivity contribution in [1.29, 1.82) is 0 Å². The third-order valence-corrected chi connectivity index (χ3v) is 4.92. The summed E-state index contributed by atoms with van der Waals surface area (Å²) in [6, 6.07) is 4.25. The molecule has 1 amide bonds. The van der Waals surface area contributed by atoms with Gasteiger partial charge in [0.25, 0.3) is 0 Å². The lowest BCUT2D eigenvalue weighted by Crippen LogP contribution is -2.47. The summed E-state index contributed by atoms with van der Waals surface area (Å²) in [5.41, 5.74) is 0.825. The smallest absolute Gasteiger partial charge is 0.228 e. The Morgan fingerprint density at radius 3 is 3.14 bits per heavy atom. The van der Waals surface area contributed by atoms with Gasteiger partial charge in [0.15, 0.2) is 10.8 Å². The molecule has 0 bridgehead atoms. The Hall–Kier alpha value is -1.66. The maximum absolute atomic E-state index is 12.4. The highest BCUT2D eigenvalue weighted by Gasteiger charge is 2.23. The van der Waals surface area contributed by atoms with Crippen LogP contribution in [0.2, 0.25) is 0 Å². The molecule has 1 unspecified atom stereocenters. The van der Waals surface area contributed by atoms with Crippen LogP contribution >= 0.6 is 11.3 Å². The summed E-state index contributed by atoms with van der Waals surface area (Å²) in [6.45, 7) is 3.56. The molecular formula is C16H21N3O2S. The van der Waals surface area contributed by atoms with Gasteiger partial charge in [0, 0.05) is 24.5 Å². The average molecular weight is 319 g/mol. The van der Waals surface area contributed by atoms with Gasteiger partial charge in [-0.2, -0.15) is 0 Å². The number of thiazole rings is 1. The van der Waals surface area contributed by atoms with Gasteiger partial charge in [-0.05, 0) is 38.9 Å². The Balaban J connectivity index is 1.63. The molecule has 0 aliphatic carbocycles. The number of hydrogen-bond acceptors (Lipinski definition) is 5. The first kappa shape index (κ1) is 15.2. The van der Waals surface area contributed by atoms with Crippen molar-refractivity contribution in [2.24, 2.45) is 0 Å². The molecule has 3 heterocycles. The molecule has 1 aliphatic heterocycles. The van der Waals surface area contributed by atoms with Crippen molar-refractivity contribution in [2.45, 2.75) is 32.2 Å². The number of likely N-dealkylation sites (N-methyl/N-ethyl adjacent to an activating group) is 1. The number of likely N-dealkylation sites (tertiary alicyclic amines) is 1. The number of amides is 1. The van der Waals surface area contributed by atoms with E-state index in [1.165, 1.54) is 11.3 Å². The molecule has 2 aromatic heterocycles. The summed E-state index contributed by atoms with van der Waals surface area (Å²) in [5, 5.41) is 6.05. The van der Waals surface area contributed by atoms with Crippen molar-refractivity contribution in [3.05, 3.63) is 29.0 Å². The highest BCUT2D eigenvalue weighted by Crippen LogP contribution is 2.26. The second kappa shape index (κ2) is 6.62. The molecule has 1 N–H and O–H groups in total. The number of nitrogens with one attached hydrogen (secondary N) is 1. The number of carbonyl (C=O) groups excluding carboxylic acids is 1. The fraction of sp³-hybridized carbons (Fsp3) is 0.500. The maximum atomic E-state index is 12.4. The first-order valence-electron chi connectivity index (χ1n) is 7.62. The molecule has 1 fully saturated rings. The van der Waals surface area contributed by atoms with Gasteiger partial charge < -0.3 is 14.6 Å². The third kappa shape index (κ3) is 3.39. The Morgan fingerprint density at radius 1 is 1.55 bits per heavy atom. The fourth-order valence-electron chi connectivity index (χ4n) is 2.76. The minimum absolute atomic E-state index is 0.160. The second-order valence-electron chi connectivity index (χ2n) is 5.70. The zero-order valence-electron chi connectivity index (χ0n) is 13.0. The molecule has 6 heteroatoms. The van der Waals surface area contributed by atoms with Crippen LogP contribution in [0.1, 0.15) is 24.3 Å². The van der Waals surface area contributed by atoms with Crippen molar-refractivity contribution in [3.8, 4) is 10.8 Å². The number of aryl methyl sites for hydroxylation is 1. The van der Waals surface area contributed by atoms with Crippen molar-refractivity contribution in [1.82, 2.24) is 15.2 Å². The van der Waals surface area contributed by atoms with E-state index in [0.717, 1.165) is 48.2 Å². The Morgan fingerprint density at radius 2 is 2.41 bits per heavy atom. The summed E-state index contributed by atoms with van der Waals surface area (Å²) in [4.78, 5) is 18.9. The van der Waals surface area contributed by atoms with Crippen LogP contribution in [-0.4, -0.2) is 42.0 Å². The topological polar surface area (TPSA) is 58.4 Å². The van der Waals surface area contributed by atoms with Gasteiger partial charge in [-0.3, -0.25) is 4.79 Å². The van der Waals surface area contributed by atoms with Crippen LogP contribution in [0.3, 0.4) is 0 Å². The molecule has 0 aromatic carbocycles. The number of nitrogens with zero attached hydrogens (tertiary/aromatic N) is 2. The van der Waals surface area contributed by atoms with E-state index in [4.69, 9.17) is 4.42 Å². The quantitative estimate of drug-likeness (QED) is 0.940. The van der Waals surface area contributed by atoms with Crippen molar-refractivity contribution >= 4 is 17.2 Å². The molecule has 1 saturated heterocycles. The number of hydrogen-bond donors (Lipinski definition) is 1. The molecule has 0 radical (unpaired) electrons. The molecule has 1 atom stereocenters. The van der Waals surface area contributed by atoms with E-state index < -0.39 is 0 Å². The normalized spacial score (nSPS) is 18.6. The van der Waals surface area contributed by atoms with Crippen LogP contribution in [0.25, 0.3) is 10.8 Å². The number of carbonyl (C=O) groups is 1. The molecule has 22 heavy (non-hydrogen) atoms. The lowest BCUT2D eigenvalue weighted by molar-refractivity contribution is -0.131. The molecule has 0 spiro atoms. The number of furan rings is 1. The lowest BCUT2D eigenvalue weighted by Gasteiger charge is -2.32. The average Bonchev–Trinajstić information content (AvgIpc) is 3.16.